The van der Waals surface area contributed by atoms with Gasteiger partial charge in [-0.25, -0.2) is 0 Å². The summed E-state index contributed by atoms with van der Waals surface area (Å²) in [4.78, 5) is 24.5. The molecule has 1 aromatic heterocycles. The fraction of sp³-hybridized carbons (Fsp3) is 0.333. The predicted octanol–water partition coefficient (Wildman–Crippen LogP) is -0.548. The molecule has 1 aromatic rings. The van der Waals surface area contributed by atoms with E-state index >= 15 is 0 Å². The van der Waals surface area contributed by atoms with Crippen LogP contribution in [0, 0.1) is 0 Å². The van der Waals surface area contributed by atoms with Gasteiger partial charge in [0.15, 0.2) is 0 Å². The number of H-pyrrole nitrogens is 1. The van der Waals surface area contributed by atoms with Crippen molar-refractivity contribution in [3.05, 3.63) is 34.2 Å². The minimum Gasteiger partial charge on any atom is -0.350 e. The molecule has 1 rings (SSSR count). The lowest BCUT2D eigenvalue weighted by molar-refractivity contribution is 0.0951. The van der Waals surface area contributed by atoms with Crippen LogP contribution in [-0.2, 0) is 0 Å². The van der Waals surface area contributed by atoms with E-state index in [1.165, 1.54) is 18.3 Å². The molecule has 0 saturated carbocycles. The molecule has 0 saturated heterocycles. The third-order valence-corrected chi connectivity index (χ3v) is 1.63. The molecule has 0 aromatic carbocycles. The quantitative estimate of drug-likeness (QED) is 0.604. The molecule has 1 atom stereocenters. The molecule has 76 valence electrons. The van der Waals surface area contributed by atoms with Gasteiger partial charge in [0, 0.05) is 24.8 Å². The van der Waals surface area contributed by atoms with Crippen LogP contribution in [0.5, 0.6) is 0 Å². The van der Waals surface area contributed by atoms with Crippen LogP contribution in [0.4, 0.5) is 0 Å². The van der Waals surface area contributed by atoms with Crippen molar-refractivity contribution >= 4 is 5.91 Å². The SMILES string of the molecule is CC(N)CNC(=O)c1ccc(=O)[nH]c1. The maximum Gasteiger partial charge on any atom is 0.252 e. The number of carbonyl (C=O) groups excluding carboxylic acids is 1. The minimum absolute atomic E-state index is 0.0817. The van der Waals surface area contributed by atoms with Crippen molar-refractivity contribution in [1.29, 1.82) is 0 Å². The zero-order valence-corrected chi connectivity index (χ0v) is 7.91. The highest BCUT2D eigenvalue weighted by Gasteiger charge is 2.04. The largest absolute Gasteiger partial charge is 0.350 e. The molecule has 0 fully saturated rings. The molecule has 1 unspecified atom stereocenters. The van der Waals surface area contributed by atoms with Crippen molar-refractivity contribution in [3.8, 4) is 0 Å². The molecule has 0 spiro atoms. The summed E-state index contributed by atoms with van der Waals surface area (Å²) in [5.74, 6) is -0.237. The van der Waals surface area contributed by atoms with E-state index in [9.17, 15) is 9.59 Å². The Balaban J connectivity index is 2.61. The van der Waals surface area contributed by atoms with Gasteiger partial charge in [-0.05, 0) is 13.0 Å². The van der Waals surface area contributed by atoms with E-state index < -0.39 is 0 Å². The van der Waals surface area contributed by atoms with Crippen LogP contribution in [-0.4, -0.2) is 23.5 Å². The zero-order valence-electron chi connectivity index (χ0n) is 7.91. The second kappa shape index (κ2) is 4.57. The molecule has 14 heavy (non-hydrogen) atoms. The first-order chi connectivity index (χ1) is 6.59. The normalized spacial score (nSPS) is 12.1. The molecule has 0 bridgehead atoms. The number of rotatable bonds is 3. The van der Waals surface area contributed by atoms with Gasteiger partial charge in [-0.15, -0.1) is 0 Å². The van der Waals surface area contributed by atoms with Crippen molar-refractivity contribution in [2.75, 3.05) is 6.54 Å². The smallest absolute Gasteiger partial charge is 0.252 e. The van der Waals surface area contributed by atoms with Gasteiger partial charge in [-0.1, -0.05) is 0 Å². The van der Waals surface area contributed by atoms with E-state index in [0.717, 1.165) is 0 Å². The summed E-state index contributed by atoms with van der Waals surface area (Å²) >= 11 is 0. The van der Waals surface area contributed by atoms with Gasteiger partial charge in [-0.2, -0.15) is 0 Å². The van der Waals surface area contributed by atoms with Crippen molar-refractivity contribution in [3.63, 3.8) is 0 Å². The Kier molecular flexibility index (Phi) is 3.41. The lowest BCUT2D eigenvalue weighted by atomic mass is 10.2. The number of aromatic nitrogens is 1. The first kappa shape index (κ1) is 10.5. The first-order valence-electron chi connectivity index (χ1n) is 4.32. The Morgan fingerprint density at radius 1 is 1.64 bits per heavy atom. The van der Waals surface area contributed by atoms with E-state index in [1.807, 2.05) is 0 Å². The molecule has 1 heterocycles. The monoisotopic (exact) mass is 195 g/mol. The van der Waals surface area contributed by atoms with Crippen LogP contribution in [0.1, 0.15) is 17.3 Å². The van der Waals surface area contributed by atoms with Crippen LogP contribution in [0.15, 0.2) is 23.1 Å². The third-order valence-electron chi connectivity index (χ3n) is 1.63. The number of pyridine rings is 1. The fourth-order valence-corrected chi connectivity index (χ4v) is 0.908. The molecule has 0 radical (unpaired) electrons. The summed E-state index contributed by atoms with van der Waals surface area (Å²) in [7, 11) is 0. The van der Waals surface area contributed by atoms with Crippen molar-refractivity contribution in [2.24, 2.45) is 5.73 Å². The van der Waals surface area contributed by atoms with Crippen molar-refractivity contribution in [2.45, 2.75) is 13.0 Å². The van der Waals surface area contributed by atoms with Crippen LogP contribution >= 0.6 is 0 Å². The molecular weight excluding hydrogens is 182 g/mol. The summed E-state index contributed by atoms with van der Waals surface area (Å²) in [5, 5.41) is 2.63. The van der Waals surface area contributed by atoms with Gasteiger partial charge in [0.2, 0.25) is 5.56 Å². The summed E-state index contributed by atoms with van der Waals surface area (Å²) in [6, 6.07) is 2.69. The van der Waals surface area contributed by atoms with Gasteiger partial charge < -0.3 is 16.0 Å². The number of carbonyl (C=O) groups is 1. The lowest BCUT2D eigenvalue weighted by Crippen LogP contribution is -2.35. The summed E-state index contributed by atoms with van der Waals surface area (Å²) in [6.07, 6.45) is 1.37. The van der Waals surface area contributed by atoms with Crippen molar-refractivity contribution < 1.29 is 4.79 Å². The standard InChI is InChI=1S/C9H13N3O2/c1-6(10)4-12-9(14)7-2-3-8(13)11-5-7/h2-3,5-6H,4,10H2,1H3,(H,11,13)(H,12,14). The number of nitrogens with one attached hydrogen (secondary N) is 2. The average molecular weight is 195 g/mol. The van der Waals surface area contributed by atoms with Gasteiger partial charge in [0.1, 0.15) is 0 Å². The van der Waals surface area contributed by atoms with Gasteiger partial charge >= 0.3 is 0 Å². The van der Waals surface area contributed by atoms with Gasteiger partial charge in [-0.3, -0.25) is 9.59 Å². The maximum atomic E-state index is 11.4. The van der Waals surface area contributed by atoms with Crippen LogP contribution in [0.25, 0.3) is 0 Å². The Bertz CT molecular complexity index is 350. The molecule has 5 heteroatoms. The number of hydrogen-bond donors (Lipinski definition) is 3. The highest BCUT2D eigenvalue weighted by molar-refractivity contribution is 5.93. The summed E-state index contributed by atoms with van der Waals surface area (Å²) in [6.45, 7) is 2.21. The summed E-state index contributed by atoms with van der Waals surface area (Å²) < 4.78 is 0. The van der Waals surface area contributed by atoms with E-state index in [1.54, 1.807) is 6.92 Å². The average Bonchev–Trinajstić information content (AvgIpc) is 2.15. The van der Waals surface area contributed by atoms with E-state index in [2.05, 4.69) is 10.3 Å². The molecule has 5 nitrogen and oxygen atoms in total. The Morgan fingerprint density at radius 3 is 2.86 bits per heavy atom. The predicted molar refractivity (Wildman–Crippen MR) is 53.0 cm³/mol. The van der Waals surface area contributed by atoms with Crippen LogP contribution < -0.4 is 16.6 Å². The highest BCUT2D eigenvalue weighted by atomic mass is 16.1. The van der Waals surface area contributed by atoms with Crippen LogP contribution in [0.2, 0.25) is 0 Å². The van der Waals surface area contributed by atoms with E-state index in [4.69, 9.17) is 5.73 Å². The molecule has 0 aliphatic heterocycles. The number of amides is 1. The van der Waals surface area contributed by atoms with E-state index in [0.29, 0.717) is 12.1 Å². The number of nitrogens with two attached hydrogens (primary N) is 1. The zero-order chi connectivity index (χ0) is 10.6. The van der Waals surface area contributed by atoms with Gasteiger partial charge in [0.05, 0.1) is 5.56 Å². The Hall–Kier alpha value is -1.62. The second-order valence-electron chi connectivity index (χ2n) is 3.13. The molecule has 1 amide bonds. The van der Waals surface area contributed by atoms with Gasteiger partial charge in [0.25, 0.3) is 5.91 Å². The molecule has 0 aliphatic rings. The molecule has 4 N–H and O–H groups in total. The number of hydrogen-bond acceptors (Lipinski definition) is 3. The molecular formula is C9H13N3O2. The number of aromatic amines is 1. The summed E-state index contributed by atoms with van der Waals surface area (Å²) in [5.41, 5.74) is 5.66. The Morgan fingerprint density at radius 2 is 2.36 bits per heavy atom. The first-order valence-corrected chi connectivity index (χ1v) is 4.32. The maximum absolute atomic E-state index is 11.4. The second-order valence-corrected chi connectivity index (χ2v) is 3.13. The fourth-order valence-electron chi connectivity index (χ4n) is 0.908. The minimum atomic E-state index is -0.237. The van der Waals surface area contributed by atoms with E-state index in [-0.39, 0.29) is 17.5 Å². The molecule has 0 aliphatic carbocycles. The third kappa shape index (κ3) is 3.02. The van der Waals surface area contributed by atoms with Crippen molar-refractivity contribution in [1.82, 2.24) is 10.3 Å². The van der Waals surface area contributed by atoms with Crippen LogP contribution in [0.3, 0.4) is 0 Å². The Labute approximate surface area is 81.3 Å². The highest BCUT2D eigenvalue weighted by Crippen LogP contribution is 1.92. The lowest BCUT2D eigenvalue weighted by Gasteiger charge is -2.06. The topological polar surface area (TPSA) is 88.0 Å².